The molecule has 2 aromatic rings. The Morgan fingerprint density at radius 3 is 2.79 bits per heavy atom. The lowest BCUT2D eigenvalue weighted by molar-refractivity contribution is 0.0931. The van der Waals surface area contributed by atoms with Crippen LogP contribution in [0.2, 0.25) is 0 Å². The molecule has 0 bridgehead atoms. The number of hydrogen-bond acceptors (Lipinski definition) is 3. The fourth-order valence-electron chi connectivity index (χ4n) is 2.62. The summed E-state index contributed by atoms with van der Waals surface area (Å²) in [6.07, 6.45) is 2.26. The molecule has 2 heterocycles. The van der Waals surface area contributed by atoms with Crippen LogP contribution in [0.3, 0.4) is 0 Å². The molecular weight excluding hydrogens is 254 g/mol. The molecule has 1 aliphatic rings. The van der Waals surface area contributed by atoms with Gasteiger partial charge in [0.05, 0.1) is 11.4 Å². The minimum absolute atomic E-state index is 0.245. The van der Waals surface area contributed by atoms with Gasteiger partial charge in [-0.2, -0.15) is 0 Å². The van der Waals surface area contributed by atoms with Crippen LogP contribution in [0, 0.1) is 0 Å². The van der Waals surface area contributed by atoms with Crippen LogP contribution in [-0.2, 0) is 13.0 Å². The molecule has 0 aliphatic carbocycles. The molecule has 0 N–H and O–H groups in total. The van der Waals surface area contributed by atoms with Gasteiger partial charge in [-0.1, -0.05) is 30.3 Å². The van der Waals surface area contributed by atoms with Gasteiger partial charge >= 0.3 is 0 Å². The predicted octanol–water partition coefficient (Wildman–Crippen LogP) is 3.38. The van der Waals surface area contributed by atoms with Gasteiger partial charge in [-0.25, -0.2) is 0 Å². The van der Waals surface area contributed by atoms with E-state index in [-0.39, 0.29) is 5.78 Å². The maximum absolute atomic E-state index is 12.2. The van der Waals surface area contributed by atoms with E-state index in [0.717, 1.165) is 30.8 Å². The largest absolute Gasteiger partial charge is 0.292 e. The van der Waals surface area contributed by atoms with Crippen molar-refractivity contribution in [1.82, 2.24) is 4.90 Å². The molecule has 0 spiro atoms. The van der Waals surface area contributed by atoms with Gasteiger partial charge in [0.15, 0.2) is 5.78 Å². The zero-order valence-corrected chi connectivity index (χ0v) is 11.7. The Hall–Kier alpha value is -1.45. The van der Waals surface area contributed by atoms with Gasteiger partial charge < -0.3 is 0 Å². The molecule has 0 radical (unpaired) electrons. The number of hydrogen-bond donors (Lipinski definition) is 0. The van der Waals surface area contributed by atoms with Crippen LogP contribution >= 0.6 is 11.3 Å². The average molecular weight is 271 g/mol. The number of benzene rings is 1. The quantitative estimate of drug-likeness (QED) is 0.798. The van der Waals surface area contributed by atoms with E-state index in [1.165, 1.54) is 22.5 Å². The van der Waals surface area contributed by atoms with E-state index < -0.39 is 0 Å². The highest BCUT2D eigenvalue weighted by Gasteiger charge is 2.17. The fourth-order valence-corrected chi connectivity index (χ4v) is 3.28. The van der Waals surface area contributed by atoms with Crippen molar-refractivity contribution >= 4 is 17.1 Å². The number of carbonyl (C=O) groups excluding carboxylic acids is 1. The van der Waals surface area contributed by atoms with E-state index in [0.29, 0.717) is 6.54 Å². The average Bonchev–Trinajstić information content (AvgIpc) is 2.87. The van der Waals surface area contributed by atoms with Crippen LogP contribution in [0.15, 0.2) is 41.8 Å². The number of thiophene rings is 1. The van der Waals surface area contributed by atoms with E-state index in [9.17, 15) is 4.79 Å². The standard InChI is InChI=1S/C16H17NOS/c18-15(16-8-4-10-19-16)12-17-9-3-7-13-5-1-2-6-14(13)11-17/h1-2,4-6,8,10H,3,7,9,11-12H2. The number of ketones is 1. The van der Waals surface area contributed by atoms with Crippen LogP contribution in [0.1, 0.15) is 27.2 Å². The number of nitrogens with zero attached hydrogens (tertiary/aromatic N) is 1. The third-order valence-corrected chi connectivity index (χ3v) is 4.51. The van der Waals surface area contributed by atoms with Crippen molar-refractivity contribution in [2.24, 2.45) is 0 Å². The van der Waals surface area contributed by atoms with Gasteiger partial charge in [-0.05, 0) is 42.0 Å². The Labute approximate surface area is 117 Å². The molecule has 19 heavy (non-hydrogen) atoms. The van der Waals surface area contributed by atoms with E-state index in [1.807, 2.05) is 17.5 Å². The van der Waals surface area contributed by atoms with Crippen molar-refractivity contribution in [2.45, 2.75) is 19.4 Å². The van der Waals surface area contributed by atoms with Crippen molar-refractivity contribution in [1.29, 1.82) is 0 Å². The Kier molecular flexibility index (Phi) is 3.76. The van der Waals surface area contributed by atoms with E-state index >= 15 is 0 Å². The van der Waals surface area contributed by atoms with Crippen LogP contribution in [0.5, 0.6) is 0 Å². The Bertz CT molecular complexity index is 562. The van der Waals surface area contributed by atoms with Crippen molar-refractivity contribution in [3.05, 3.63) is 57.8 Å². The van der Waals surface area contributed by atoms with Gasteiger partial charge in [0.25, 0.3) is 0 Å². The summed E-state index contributed by atoms with van der Waals surface area (Å²) in [5, 5.41) is 1.96. The smallest absolute Gasteiger partial charge is 0.186 e. The van der Waals surface area contributed by atoms with Crippen molar-refractivity contribution in [2.75, 3.05) is 13.1 Å². The lowest BCUT2D eigenvalue weighted by Crippen LogP contribution is -2.29. The molecule has 0 atom stereocenters. The summed E-state index contributed by atoms with van der Waals surface area (Å²) >= 11 is 1.53. The highest BCUT2D eigenvalue weighted by Crippen LogP contribution is 2.19. The molecular formula is C16H17NOS. The second-order valence-corrected chi connectivity index (χ2v) is 5.93. The first-order valence-electron chi connectivity index (χ1n) is 6.69. The second kappa shape index (κ2) is 5.68. The Morgan fingerprint density at radius 1 is 1.16 bits per heavy atom. The first kappa shape index (κ1) is 12.6. The first-order chi connectivity index (χ1) is 9.33. The summed E-state index contributed by atoms with van der Waals surface area (Å²) in [6.45, 7) is 2.44. The lowest BCUT2D eigenvalue weighted by atomic mass is 10.0. The number of carbonyl (C=O) groups is 1. The van der Waals surface area contributed by atoms with Crippen molar-refractivity contribution in [3.8, 4) is 0 Å². The summed E-state index contributed by atoms with van der Waals surface area (Å²) in [7, 11) is 0. The highest BCUT2D eigenvalue weighted by molar-refractivity contribution is 7.12. The van der Waals surface area contributed by atoms with Crippen LogP contribution in [0.4, 0.5) is 0 Å². The molecule has 3 rings (SSSR count). The van der Waals surface area contributed by atoms with Gasteiger partial charge in [0, 0.05) is 6.54 Å². The molecule has 2 nitrogen and oxygen atoms in total. The molecule has 0 unspecified atom stereocenters. The number of fused-ring (bicyclic) bond motifs is 1. The summed E-state index contributed by atoms with van der Waals surface area (Å²) in [4.78, 5) is 15.3. The van der Waals surface area contributed by atoms with Crippen LogP contribution < -0.4 is 0 Å². The topological polar surface area (TPSA) is 20.3 Å². The normalized spacial score (nSPS) is 15.8. The predicted molar refractivity (Wildman–Crippen MR) is 78.7 cm³/mol. The minimum atomic E-state index is 0.245. The molecule has 0 saturated carbocycles. The zero-order valence-electron chi connectivity index (χ0n) is 10.8. The zero-order chi connectivity index (χ0) is 13.1. The van der Waals surface area contributed by atoms with Gasteiger partial charge in [0.2, 0.25) is 0 Å². The maximum Gasteiger partial charge on any atom is 0.186 e. The van der Waals surface area contributed by atoms with Crippen LogP contribution in [0.25, 0.3) is 0 Å². The molecule has 0 saturated heterocycles. The molecule has 0 amide bonds. The highest BCUT2D eigenvalue weighted by atomic mass is 32.1. The molecule has 3 heteroatoms. The lowest BCUT2D eigenvalue weighted by Gasteiger charge is -2.19. The third kappa shape index (κ3) is 2.94. The summed E-state index contributed by atoms with van der Waals surface area (Å²) in [5.41, 5.74) is 2.81. The van der Waals surface area contributed by atoms with Gasteiger partial charge in [-0.3, -0.25) is 9.69 Å². The number of rotatable bonds is 3. The summed E-state index contributed by atoms with van der Waals surface area (Å²) in [6, 6.07) is 12.4. The number of aryl methyl sites for hydroxylation is 1. The maximum atomic E-state index is 12.2. The van der Waals surface area contributed by atoms with Crippen molar-refractivity contribution in [3.63, 3.8) is 0 Å². The second-order valence-electron chi connectivity index (χ2n) is 4.98. The Morgan fingerprint density at radius 2 is 2.00 bits per heavy atom. The fraction of sp³-hybridized carbons (Fsp3) is 0.312. The molecule has 1 aromatic carbocycles. The summed E-state index contributed by atoms with van der Waals surface area (Å²) in [5.74, 6) is 0.245. The van der Waals surface area contributed by atoms with E-state index in [4.69, 9.17) is 0 Å². The van der Waals surface area contributed by atoms with Crippen LogP contribution in [-0.4, -0.2) is 23.8 Å². The monoisotopic (exact) mass is 271 g/mol. The molecule has 98 valence electrons. The first-order valence-corrected chi connectivity index (χ1v) is 7.57. The SMILES string of the molecule is O=C(CN1CCCc2ccccc2C1)c1cccs1. The van der Waals surface area contributed by atoms with Gasteiger partial charge in [0.1, 0.15) is 0 Å². The van der Waals surface area contributed by atoms with Crippen molar-refractivity contribution < 1.29 is 4.79 Å². The van der Waals surface area contributed by atoms with E-state index in [1.54, 1.807) is 0 Å². The van der Waals surface area contributed by atoms with E-state index in [2.05, 4.69) is 29.2 Å². The summed E-state index contributed by atoms with van der Waals surface area (Å²) < 4.78 is 0. The van der Waals surface area contributed by atoms with Gasteiger partial charge in [-0.15, -0.1) is 11.3 Å². The Balaban J connectivity index is 1.71. The number of Topliss-reactive ketones (excluding diaryl/α,β-unsaturated/α-hetero) is 1. The third-order valence-electron chi connectivity index (χ3n) is 3.60. The minimum Gasteiger partial charge on any atom is -0.292 e. The molecule has 1 aliphatic heterocycles. The molecule has 1 aromatic heterocycles. The molecule has 0 fully saturated rings.